The molecule has 2 nitrogen and oxygen atoms in total. The third kappa shape index (κ3) is 2.41. The summed E-state index contributed by atoms with van der Waals surface area (Å²) in [7, 11) is 0. The standard InChI is InChI=1S/C18H14O2/c19-11-12-20-16-9-10-18-15(13-16)7-4-8-17(18)14-5-2-1-3-6-14/h1-11,13H,12H2. The molecule has 3 rings (SSSR count). The molecule has 0 atom stereocenters. The molecule has 0 aliphatic heterocycles. The van der Waals surface area contributed by atoms with Crippen LogP contribution in [0.1, 0.15) is 0 Å². The number of carbonyl (C=O) groups excluding carboxylic acids is 1. The molecule has 0 bridgehead atoms. The van der Waals surface area contributed by atoms with E-state index in [0.29, 0.717) is 0 Å². The number of hydrogen-bond acceptors (Lipinski definition) is 2. The van der Waals surface area contributed by atoms with Crippen molar-refractivity contribution in [1.29, 1.82) is 0 Å². The molecule has 3 aromatic rings. The maximum Gasteiger partial charge on any atom is 0.157 e. The van der Waals surface area contributed by atoms with Crippen molar-refractivity contribution in [3.63, 3.8) is 0 Å². The van der Waals surface area contributed by atoms with Gasteiger partial charge in [-0.1, -0.05) is 54.6 Å². The fourth-order valence-electron chi connectivity index (χ4n) is 2.35. The number of aldehydes is 1. The highest BCUT2D eigenvalue weighted by molar-refractivity contribution is 5.97. The van der Waals surface area contributed by atoms with Gasteiger partial charge in [0.05, 0.1) is 0 Å². The Morgan fingerprint density at radius 2 is 1.75 bits per heavy atom. The van der Waals surface area contributed by atoms with Crippen molar-refractivity contribution in [3.05, 3.63) is 66.7 Å². The molecule has 0 N–H and O–H groups in total. The number of hydrogen-bond donors (Lipinski definition) is 0. The molecule has 0 aliphatic carbocycles. The highest BCUT2D eigenvalue weighted by Gasteiger charge is 2.04. The molecule has 0 aromatic heterocycles. The van der Waals surface area contributed by atoms with E-state index in [1.807, 2.05) is 42.5 Å². The van der Waals surface area contributed by atoms with Crippen LogP contribution in [0.25, 0.3) is 21.9 Å². The van der Waals surface area contributed by atoms with E-state index >= 15 is 0 Å². The fourth-order valence-corrected chi connectivity index (χ4v) is 2.35. The van der Waals surface area contributed by atoms with Gasteiger partial charge in [-0.05, 0) is 34.0 Å². The Balaban J connectivity index is 2.09. The number of ether oxygens (including phenoxy) is 1. The van der Waals surface area contributed by atoms with Crippen molar-refractivity contribution >= 4 is 17.1 Å². The first-order valence-electron chi connectivity index (χ1n) is 6.53. The lowest BCUT2D eigenvalue weighted by Crippen LogP contribution is -1.97. The van der Waals surface area contributed by atoms with E-state index in [4.69, 9.17) is 4.74 Å². The zero-order valence-corrected chi connectivity index (χ0v) is 11.0. The number of fused-ring (bicyclic) bond motifs is 1. The van der Waals surface area contributed by atoms with Gasteiger partial charge in [0.25, 0.3) is 0 Å². The third-order valence-corrected chi connectivity index (χ3v) is 3.25. The molecule has 0 radical (unpaired) electrons. The van der Waals surface area contributed by atoms with E-state index in [0.717, 1.165) is 17.4 Å². The summed E-state index contributed by atoms with van der Waals surface area (Å²) < 4.78 is 5.34. The summed E-state index contributed by atoms with van der Waals surface area (Å²) in [5, 5.41) is 2.28. The molecule has 20 heavy (non-hydrogen) atoms. The summed E-state index contributed by atoms with van der Waals surface area (Å²) in [6, 6.07) is 22.4. The smallest absolute Gasteiger partial charge is 0.157 e. The van der Waals surface area contributed by atoms with Crippen molar-refractivity contribution in [1.82, 2.24) is 0 Å². The Morgan fingerprint density at radius 3 is 2.55 bits per heavy atom. The summed E-state index contributed by atoms with van der Waals surface area (Å²) in [5.74, 6) is 0.717. The minimum Gasteiger partial charge on any atom is -0.486 e. The zero-order valence-electron chi connectivity index (χ0n) is 11.0. The molecule has 0 amide bonds. The van der Waals surface area contributed by atoms with Gasteiger partial charge in [0.15, 0.2) is 6.29 Å². The normalized spacial score (nSPS) is 10.4. The summed E-state index contributed by atoms with van der Waals surface area (Å²) in [6.07, 6.45) is 0.755. The van der Waals surface area contributed by atoms with Crippen molar-refractivity contribution in [2.45, 2.75) is 0 Å². The maximum absolute atomic E-state index is 10.4. The van der Waals surface area contributed by atoms with Gasteiger partial charge in [-0.3, -0.25) is 4.79 Å². The lowest BCUT2D eigenvalue weighted by atomic mass is 9.98. The van der Waals surface area contributed by atoms with Crippen LogP contribution >= 0.6 is 0 Å². The molecule has 2 heteroatoms. The van der Waals surface area contributed by atoms with Gasteiger partial charge in [0, 0.05) is 0 Å². The molecule has 0 saturated carbocycles. The molecule has 0 fully saturated rings. The molecule has 0 unspecified atom stereocenters. The highest BCUT2D eigenvalue weighted by atomic mass is 16.5. The molecule has 0 heterocycles. The minimum absolute atomic E-state index is 0.0872. The van der Waals surface area contributed by atoms with E-state index in [1.54, 1.807) is 0 Å². The van der Waals surface area contributed by atoms with Crippen LogP contribution in [0.3, 0.4) is 0 Å². The molecule has 0 aliphatic rings. The lowest BCUT2D eigenvalue weighted by molar-refractivity contribution is -0.109. The van der Waals surface area contributed by atoms with Gasteiger partial charge < -0.3 is 4.74 Å². The summed E-state index contributed by atoms with van der Waals surface area (Å²) >= 11 is 0. The van der Waals surface area contributed by atoms with Crippen LogP contribution < -0.4 is 4.74 Å². The summed E-state index contributed by atoms with van der Waals surface area (Å²) in [4.78, 5) is 10.4. The topological polar surface area (TPSA) is 26.3 Å². The largest absolute Gasteiger partial charge is 0.486 e. The molecule has 0 saturated heterocycles. The second-order valence-electron chi connectivity index (χ2n) is 4.53. The maximum atomic E-state index is 10.4. The first-order valence-corrected chi connectivity index (χ1v) is 6.53. The van der Waals surface area contributed by atoms with E-state index < -0.39 is 0 Å². The Hall–Kier alpha value is -2.61. The van der Waals surface area contributed by atoms with Crippen molar-refractivity contribution < 1.29 is 9.53 Å². The summed E-state index contributed by atoms with van der Waals surface area (Å²) in [5.41, 5.74) is 2.39. The highest BCUT2D eigenvalue weighted by Crippen LogP contribution is 2.30. The number of carbonyl (C=O) groups is 1. The summed E-state index contributed by atoms with van der Waals surface area (Å²) in [6.45, 7) is 0.0872. The zero-order chi connectivity index (χ0) is 13.8. The number of rotatable bonds is 4. The van der Waals surface area contributed by atoms with E-state index in [9.17, 15) is 4.79 Å². The molecule has 0 spiro atoms. The molecular weight excluding hydrogens is 248 g/mol. The van der Waals surface area contributed by atoms with E-state index in [2.05, 4.69) is 24.3 Å². The number of benzene rings is 3. The van der Waals surface area contributed by atoms with Crippen LogP contribution in [0.5, 0.6) is 5.75 Å². The fraction of sp³-hybridized carbons (Fsp3) is 0.0556. The van der Waals surface area contributed by atoms with Gasteiger partial charge in [0.1, 0.15) is 12.4 Å². The Bertz CT molecular complexity index is 733. The van der Waals surface area contributed by atoms with Crippen LogP contribution in [0.15, 0.2) is 66.7 Å². The minimum atomic E-state index is 0.0872. The van der Waals surface area contributed by atoms with Gasteiger partial charge in [-0.25, -0.2) is 0 Å². The van der Waals surface area contributed by atoms with Gasteiger partial charge in [-0.2, -0.15) is 0 Å². The van der Waals surface area contributed by atoms with Gasteiger partial charge in [0.2, 0.25) is 0 Å². The van der Waals surface area contributed by atoms with Crippen LogP contribution in [0.2, 0.25) is 0 Å². The van der Waals surface area contributed by atoms with Crippen LogP contribution in [0.4, 0.5) is 0 Å². The van der Waals surface area contributed by atoms with E-state index in [1.165, 1.54) is 16.5 Å². The first-order chi connectivity index (χ1) is 9.88. The third-order valence-electron chi connectivity index (χ3n) is 3.25. The second-order valence-corrected chi connectivity index (χ2v) is 4.53. The SMILES string of the molecule is O=CCOc1ccc2c(-c3ccccc3)cccc2c1. The average Bonchev–Trinajstić information content (AvgIpc) is 2.53. The molecule has 98 valence electrons. The van der Waals surface area contributed by atoms with Gasteiger partial charge in [-0.15, -0.1) is 0 Å². The second kappa shape index (κ2) is 5.57. The Labute approximate surface area is 117 Å². The first kappa shape index (κ1) is 12.4. The predicted octanol–water partition coefficient (Wildman–Crippen LogP) is 4.08. The Morgan fingerprint density at radius 1 is 0.900 bits per heavy atom. The van der Waals surface area contributed by atoms with Crippen molar-refractivity contribution in [3.8, 4) is 16.9 Å². The predicted molar refractivity (Wildman–Crippen MR) is 80.9 cm³/mol. The van der Waals surface area contributed by atoms with Gasteiger partial charge >= 0.3 is 0 Å². The monoisotopic (exact) mass is 262 g/mol. The Kier molecular flexibility index (Phi) is 3.46. The van der Waals surface area contributed by atoms with Crippen LogP contribution in [-0.2, 0) is 4.79 Å². The van der Waals surface area contributed by atoms with Crippen molar-refractivity contribution in [2.24, 2.45) is 0 Å². The van der Waals surface area contributed by atoms with Crippen molar-refractivity contribution in [2.75, 3.05) is 6.61 Å². The van der Waals surface area contributed by atoms with Crippen LogP contribution in [-0.4, -0.2) is 12.9 Å². The van der Waals surface area contributed by atoms with E-state index in [-0.39, 0.29) is 6.61 Å². The quantitative estimate of drug-likeness (QED) is 0.662. The van der Waals surface area contributed by atoms with Crippen LogP contribution in [0, 0.1) is 0 Å². The lowest BCUT2D eigenvalue weighted by Gasteiger charge is -2.09. The molecule has 3 aromatic carbocycles. The average molecular weight is 262 g/mol. The molecular formula is C18H14O2.